The number of rotatable bonds is 6. The van der Waals surface area contributed by atoms with Crippen LogP contribution >= 0.6 is 45.2 Å². The molecule has 0 spiro atoms. The highest BCUT2D eigenvalue weighted by Crippen LogP contribution is 2.30. The van der Waals surface area contributed by atoms with Gasteiger partial charge in [0.25, 0.3) is 0 Å². The molecule has 0 bridgehead atoms. The fourth-order valence-corrected chi connectivity index (χ4v) is 5.12. The standard InChI is InChI=1S/C24H17I2NO3/c25-19-13-17(14-20(26)22(19)29-12-11-16-7-3-1-4-8-16)15-21-24(28)30-23(27-21)18-9-5-2-6-10-18/h1-10,13-15H,11-12H2/b21-15-. The van der Waals surface area contributed by atoms with E-state index in [1.807, 2.05) is 60.7 Å². The molecule has 0 atom stereocenters. The summed E-state index contributed by atoms with van der Waals surface area (Å²) in [6.45, 7) is 0.605. The van der Waals surface area contributed by atoms with E-state index >= 15 is 0 Å². The highest BCUT2D eigenvalue weighted by atomic mass is 127. The zero-order chi connectivity index (χ0) is 20.9. The predicted octanol–water partition coefficient (Wildman–Crippen LogP) is 5.86. The van der Waals surface area contributed by atoms with Crippen LogP contribution in [0.15, 0.2) is 83.5 Å². The molecule has 0 amide bonds. The molecule has 150 valence electrons. The van der Waals surface area contributed by atoms with Gasteiger partial charge >= 0.3 is 5.97 Å². The summed E-state index contributed by atoms with van der Waals surface area (Å²) in [5, 5.41) is 0. The van der Waals surface area contributed by atoms with Crippen molar-refractivity contribution in [3.8, 4) is 5.75 Å². The van der Waals surface area contributed by atoms with Crippen molar-refractivity contribution in [3.63, 3.8) is 0 Å². The molecule has 0 aromatic heterocycles. The van der Waals surface area contributed by atoms with Crippen molar-refractivity contribution < 1.29 is 14.3 Å². The van der Waals surface area contributed by atoms with Crippen molar-refractivity contribution >= 4 is 63.1 Å². The summed E-state index contributed by atoms with van der Waals surface area (Å²) in [5.41, 5.74) is 3.19. The molecule has 30 heavy (non-hydrogen) atoms. The van der Waals surface area contributed by atoms with Gasteiger partial charge in [0.1, 0.15) is 5.75 Å². The smallest absolute Gasteiger partial charge is 0.363 e. The maximum atomic E-state index is 12.2. The molecule has 1 aliphatic rings. The van der Waals surface area contributed by atoms with Gasteiger partial charge < -0.3 is 9.47 Å². The van der Waals surface area contributed by atoms with Crippen LogP contribution in [-0.4, -0.2) is 18.5 Å². The number of cyclic esters (lactones) is 1. The lowest BCUT2D eigenvalue weighted by Crippen LogP contribution is -2.05. The number of esters is 1. The largest absolute Gasteiger partial charge is 0.491 e. The minimum absolute atomic E-state index is 0.290. The molecular weight excluding hydrogens is 604 g/mol. The van der Waals surface area contributed by atoms with Crippen molar-refractivity contribution in [1.29, 1.82) is 0 Å². The highest BCUT2D eigenvalue weighted by Gasteiger charge is 2.24. The normalized spacial score (nSPS) is 14.5. The van der Waals surface area contributed by atoms with Crippen LogP contribution in [0.2, 0.25) is 0 Å². The third-order valence-electron chi connectivity index (χ3n) is 4.45. The zero-order valence-electron chi connectivity index (χ0n) is 15.8. The number of halogens is 2. The van der Waals surface area contributed by atoms with Gasteiger partial charge in [-0.2, -0.15) is 0 Å². The van der Waals surface area contributed by atoms with E-state index in [0.29, 0.717) is 12.5 Å². The van der Waals surface area contributed by atoms with Gasteiger partial charge in [0.2, 0.25) is 5.90 Å². The van der Waals surface area contributed by atoms with Gasteiger partial charge in [-0.15, -0.1) is 0 Å². The number of carbonyl (C=O) groups is 1. The van der Waals surface area contributed by atoms with Crippen LogP contribution in [0.4, 0.5) is 0 Å². The number of carbonyl (C=O) groups excluding carboxylic acids is 1. The number of benzene rings is 3. The van der Waals surface area contributed by atoms with Crippen molar-refractivity contribution in [2.75, 3.05) is 6.61 Å². The van der Waals surface area contributed by atoms with E-state index in [9.17, 15) is 4.79 Å². The first-order valence-electron chi connectivity index (χ1n) is 9.34. The maximum absolute atomic E-state index is 12.2. The van der Waals surface area contributed by atoms with E-state index in [2.05, 4.69) is 62.3 Å². The van der Waals surface area contributed by atoms with Crippen molar-refractivity contribution in [2.24, 2.45) is 4.99 Å². The minimum Gasteiger partial charge on any atom is -0.491 e. The molecule has 0 fully saturated rings. The second-order valence-electron chi connectivity index (χ2n) is 6.60. The molecule has 0 saturated heterocycles. The second kappa shape index (κ2) is 9.74. The molecular formula is C24H17I2NO3. The van der Waals surface area contributed by atoms with Crippen molar-refractivity contribution in [3.05, 3.63) is 102 Å². The summed E-state index contributed by atoms with van der Waals surface area (Å²) in [6.07, 6.45) is 2.60. The Bertz CT molecular complexity index is 1100. The van der Waals surface area contributed by atoms with E-state index in [4.69, 9.17) is 9.47 Å². The third kappa shape index (κ3) is 5.10. The number of nitrogens with zero attached hydrogens (tertiary/aromatic N) is 1. The molecule has 4 nitrogen and oxygen atoms in total. The average molecular weight is 621 g/mol. The van der Waals surface area contributed by atoms with Gasteiger partial charge in [0.05, 0.1) is 13.7 Å². The molecule has 0 unspecified atom stereocenters. The van der Waals surface area contributed by atoms with Crippen LogP contribution in [0.1, 0.15) is 16.7 Å². The molecule has 3 aromatic rings. The Kier molecular flexibility index (Phi) is 6.83. The van der Waals surface area contributed by atoms with E-state index in [-0.39, 0.29) is 5.70 Å². The van der Waals surface area contributed by atoms with Gasteiger partial charge in [0.15, 0.2) is 5.70 Å². The molecule has 0 N–H and O–H groups in total. The molecule has 1 heterocycles. The van der Waals surface area contributed by atoms with E-state index in [1.54, 1.807) is 6.08 Å². The van der Waals surface area contributed by atoms with Crippen LogP contribution in [0.3, 0.4) is 0 Å². The van der Waals surface area contributed by atoms with Gasteiger partial charge in [-0.05, 0) is 86.7 Å². The molecule has 4 rings (SSSR count). The Hall–Kier alpha value is -2.20. The lowest BCUT2D eigenvalue weighted by molar-refractivity contribution is -0.129. The van der Waals surface area contributed by atoms with E-state index in [1.165, 1.54) is 5.56 Å². The van der Waals surface area contributed by atoms with Crippen LogP contribution in [0.5, 0.6) is 5.75 Å². The summed E-state index contributed by atoms with van der Waals surface area (Å²) in [5.74, 6) is 0.746. The summed E-state index contributed by atoms with van der Waals surface area (Å²) in [7, 11) is 0. The SMILES string of the molecule is O=C1OC(c2ccccc2)=N/C1=C\c1cc(I)c(OCCc2ccccc2)c(I)c1. The summed E-state index contributed by atoms with van der Waals surface area (Å²) in [6, 6.07) is 23.6. The third-order valence-corrected chi connectivity index (χ3v) is 6.05. The number of aliphatic imine (C=N–C) groups is 1. The molecule has 0 saturated carbocycles. The van der Waals surface area contributed by atoms with Gasteiger partial charge in [0, 0.05) is 12.0 Å². The first-order valence-corrected chi connectivity index (χ1v) is 11.5. The number of ether oxygens (including phenoxy) is 2. The van der Waals surface area contributed by atoms with Crippen LogP contribution in [-0.2, 0) is 16.0 Å². The Morgan fingerprint density at radius 3 is 2.23 bits per heavy atom. The maximum Gasteiger partial charge on any atom is 0.363 e. The van der Waals surface area contributed by atoms with Crippen LogP contribution in [0, 0.1) is 7.14 Å². The molecule has 6 heteroatoms. The van der Waals surface area contributed by atoms with Gasteiger partial charge in [-0.1, -0.05) is 48.5 Å². The van der Waals surface area contributed by atoms with Crippen LogP contribution < -0.4 is 4.74 Å². The molecule has 0 radical (unpaired) electrons. The Labute approximate surface area is 202 Å². The van der Waals surface area contributed by atoms with Gasteiger partial charge in [-0.3, -0.25) is 0 Å². The van der Waals surface area contributed by atoms with E-state index < -0.39 is 5.97 Å². The lowest BCUT2D eigenvalue weighted by atomic mass is 10.1. The first kappa shape index (κ1) is 21.0. The summed E-state index contributed by atoms with van der Waals surface area (Å²) in [4.78, 5) is 16.6. The predicted molar refractivity (Wildman–Crippen MR) is 135 cm³/mol. The fraction of sp³-hybridized carbons (Fsp3) is 0.0833. The number of hydrogen-bond donors (Lipinski definition) is 0. The van der Waals surface area contributed by atoms with Gasteiger partial charge in [-0.25, -0.2) is 9.79 Å². The second-order valence-corrected chi connectivity index (χ2v) is 8.92. The Morgan fingerprint density at radius 1 is 0.933 bits per heavy atom. The summed E-state index contributed by atoms with van der Waals surface area (Å²) >= 11 is 4.52. The van der Waals surface area contributed by atoms with Crippen LogP contribution in [0.25, 0.3) is 6.08 Å². The molecule has 3 aromatic carbocycles. The quantitative estimate of drug-likeness (QED) is 0.197. The topological polar surface area (TPSA) is 47.9 Å². The lowest BCUT2D eigenvalue weighted by Gasteiger charge is -2.11. The first-order chi connectivity index (χ1) is 14.6. The summed E-state index contributed by atoms with van der Waals surface area (Å²) < 4.78 is 13.3. The van der Waals surface area contributed by atoms with Crippen molar-refractivity contribution in [1.82, 2.24) is 0 Å². The zero-order valence-corrected chi connectivity index (χ0v) is 20.2. The fourth-order valence-electron chi connectivity index (χ4n) is 2.99. The monoisotopic (exact) mass is 621 g/mol. The van der Waals surface area contributed by atoms with Crippen molar-refractivity contribution in [2.45, 2.75) is 6.42 Å². The molecule has 1 aliphatic heterocycles. The Balaban J connectivity index is 1.50. The molecule has 0 aliphatic carbocycles. The Morgan fingerprint density at radius 2 is 1.57 bits per heavy atom. The minimum atomic E-state index is -0.443. The number of hydrogen-bond acceptors (Lipinski definition) is 4. The average Bonchev–Trinajstić information content (AvgIpc) is 3.12. The van der Waals surface area contributed by atoms with E-state index in [0.717, 1.165) is 30.4 Å². The highest BCUT2D eigenvalue weighted by molar-refractivity contribution is 14.1.